The molecular formula is C14H16ClNO3. The van der Waals surface area contributed by atoms with Crippen LogP contribution in [-0.2, 0) is 14.3 Å². The van der Waals surface area contributed by atoms with E-state index in [1.54, 1.807) is 25.1 Å². The molecule has 102 valence electrons. The second-order valence-corrected chi connectivity index (χ2v) is 4.39. The van der Waals surface area contributed by atoms with E-state index in [-0.39, 0.29) is 11.4 Å². The van der Waals surface area contributed by atoms with Crippen LogP contribution in [0.5, 0.6) is 0 Å². The maximum absolute atomic E-state index is 12.0. The van der Waals surface area contributed by atoms with Crippen LogP contribution in [0.1, 0.15) is 19.4 Å². The van der Waals surface area contributed by atoms with Gasteiger partial charge in [0.2, 0.25) is 0 Å². The molecule has 1 aromatic carbocycles. The number of nitrogens with one attached hydrogen (secondary N) is 1. The third kappa shape index (κ3) is 4.41. The van der Waals surface area contributed by atoms with Crippen LogP contribution < -0.4 is 5.32 Å². The Hall–Kier alpha value is -1.81. The highest BCUT2D eigenvalue weighted by atomic mass is 35.5. The van der Waals surface area contributed by atoms with E-state index in [2.05, 4.69) is 5.32 Å². The van der Waals surface area contributed by atoms with Gasteiger partial charge in [-0.2, -0.15) is 0 Å². The number of amides is 1. The standard InChI is InChI=1S/C14H16ClNO3/c1-4-19-8-12(10(3)17)14(18)16-13-6-5-11(15)7-9(13)2/h5-8H,4H2,1-3H3,(H,16,18). The quantitative estimate of drug-likeness (QED) is 0.390. The molecule has 0 saturated heterocycles. The van der Waals surface area contributed by atoms with Crippen molar-refractivity contribution in [2.45, 2.75) is 20.8 Å². The van der Waals surface area contributed by atoms with E-state index in [0.29, 0.717) is 17.3 Å². The first-order valence-corrected chi connectivity index (χ1v) is 6.23. The number of ketones is 1. The van der Waals surface area contributed by atoms with Crippen LogP contribution in [-0.4, -0.2) is 18.3 Å². The molecular weight excluding hydrogens is 266 g/mol. The third-order valence-corrected chi connectivity index (χ3v) is 2.66. The van der Waals surface area contributed by atoms with Gasteiger partial charge in [-0.15, -0.1) is 0 Å². The Morgan fingerprint density at radius 2 is 2.11 bits per heavy atom. The molecule has 1 N–H and O–H groups in total. The van der Waals surface area contributed by atoms with Gasteiger partial charge in [-0.3, -0.25) is 9.59 Å². The molecule has 0 spiro atoms. The molecule has 1 aromatic rings. The van der Waals surface area contributed by atoms with Gasteiger partial charge in [0.15, 0.2) is 5.78 Å². The number of carbonyl (C=O) groups is 2. The van der Waals surface area contributed by atoms with Gasteiger partial charge in [-0.25, -0.2) is 0 Å². The molecule has 0 bridgehead atoms. The molecule has 0 unspecified atom stereocenters. The van der Waals surface area contributed by atoms with E-state index in [1.807, 2.05) is 6.92 Å². The normalized spacial score (nSPS) is 11.1. The predicted molar refractivity (Wildman–Crippen MR) is 75.2 cm³/mol. The molecule has 0 radical (unpaired) electrons. The smallest absolute Gasteiger partial charge is 0.262 e. The van der Waals surface area contributed by atoms with E-state index >= 15 is 0 Å². The van der Waals surface area contributed by atoms with Gasteiger partial charge >= 0.3 is 0 Å². The molecule has 0 heterocycles. The Bertz CT molecular complexity index is 523. The van der Waals surface area contributed by atoms with Crippen molar-refractivity contribution in [1.29, 1.82) is 0 Å². The first kappa shape index (κ1) is 15.2. The van der Waals surface area contributed by atoms with Gasteiger partial charge in [0.25, 0.3) is 5.91 Å². The molecule has 0 saturated carbocycles. The number of anilines is 1. The van der Waals surface area contributed by atoms with Gasteiger partial charge in [0.1, 0.15) is 5.57 Å². The molecule has 1 amide bonds. The van der Waals surface area contributed by atoms with E-state index in [4.69, 9.17) is 16.3 Å². The zero-order chi connectivity index (χ0) is 14.4. The number of hydrogen-bond donors (Lipinski definition) is 1. The lowest BCUT2D eigenvalue weighted by molar-refractivity contribution is -0.119. The first-order chi connectivity index (χ1) is 8.95. The van der Waals surface area contributed by atoms with Crippen molar-refractivity contribution >= 4 is 29.0 Å². The van der Waals surface area contributed by atoms with E-state index in [1.165, 1.54) is 13.2 Å². The van der Waals surface area contributed by atoms with Crippen molar-refractivity contribution in [3.8, 4) is 0 Å². The molecule has 0 atom stereocenters. The summed E-state index contributed by atoms with van der Waals surface area (Å²) in [6.07, 6.45) is 1.18. The Morgan fingerprint density at radius 3 is 2.63 bits per heavy atom. The lowest BCUT2D eigenvalue weighted by atomic mass is 10.1. The molecule has 1 rings (SSSR count). The van der Waals surface area contributed by atoms with Crippen LogP contribution in [0.3, 0.4) is 0 Å². The fourth-order valence-corrected chi connectivity index (χ4v) is 1.65. The summed E-state index contributed by atoms with van der Waals surface area (Å²) in [5, 5.41) is 3.25. The summed E-state index contributed by atoms with van der Waals surface area (Å²) in [5.41, 5.74) is 1.41. The van der Waals surface area contributed by atoms with E-state index in [9.17, 15) is 9.59 Å². The van der Waals surface area contributed by atoms with Crippen molar-refractivity contribution in [2.24, 2.45) is 0 Å². The summed E-state index contributed by atoms with van der Waals surface area (Å²) in [6, 6.07) is 5.09. The van der Waals surface area contributed by atoms with Gasteiger partial charge in [-0.05, 0) is 44.5 Å². The molecule has 5 heteroatoms. The largest absolute Gasteiger partial charge is 0.501 e. The van der Waals surface area contributed by atoms with Gasteiger partial charge in [0.05, 0.1) is 12.9 Å². The monoisotopic (exact) mass is 281 g/mol. The minimum atomic E-state index is -0.494. The molecule has 0 aliphatic carbocycles. The van der Waals surface area contributed by atoms with E-state index < -0.39 is 5.91 Å². The Kier molecular flexibility index (Phi) is 5.57. The number of carbonyl (C=O) groups excluding carboxylic acids is 2. The second-order valence-electron chi connectivity index (χ2n) is 3.96. The van der Waals surface area contributed by atoms with Crippen molar-refractivity contribution < 1.29 is 14.3 Å². The first-order valence-electron chi connectivity index (χ1n) is 5.86. The van der Waals surface area contributed by atoms with Crippen LogP contribution in [0.25, 0.3) is 0 Å². The molecule has 4 nitrogen and oxygen atoms in total. The minimum Gasteiger partial charge on any atom is -0.501 e. The topological polar surface area (TPSA) is 55.4 Å². The molecule has 0 aliphatic rings. The van der Waals surface area contributed by atoms with Crippen molar-refractivity contribution in [2.75, 3.05) is 11.9 Å². The van der Waals surface area contributed by atoms with Crippen molar-refractivity contribution in [1.82, 2.24) is 0 Å². The average Bonchev–Trinajstić information content (AvgIpc) is 2.33. The molecule has 0 aromatic heterocycles. The maximum atomic E-state index is 12.0. The highest BCUT2D eigenvalue weighted by Crippen LogP contribution is 2.20. The second kappa shape index (κ2) is 6.95. The van der Waals surface area contributed by atoms with Crippen LogP contribution in [0.2, 0.25) is 5.02 Å². The zero-order valence-corrected chi connectivity index (χ0v) is 11.9. The highest BCUT2D eigenvalue weighted by Gasteiger charge is 2.16. The minimum absolute atomic E-state index is 0.0174. The summed E-state index contributed by atoms with van der Waals surface area (Å²) in [6.45, 7) is 5.31. The number of rotatable bonds is 5. The lowest BCUT2D eigenvalue weighted by Crippen LogP contribution is -2.19. The van der Waals surface area contributed by atoms with Crippen molar-refractivity contribution in [3.63, 3.8) is 0 Å². The lowest BCUT2D eigenvalue weighted by Gasteiger charge is -2.09. The summed E-state index contributed by atoms with van der Waals surface area (Å²) in [5.74, 6) is -0.844. The number of halogens is 1. The van der Waals surface area contributed by atoms with Gasteiger partial charge < -0.3 is 10.1 Å². The molecule has 0 fully saturated rings. The predicted octanol–water partition coefficient (Wildman–Crippen LogP) is 3.10. The van der Waals surface area contributed by atoms with Crippen LogP contribution in [0, 0.1) is 6.92 Å². The zero-order valence-electron chi connectivity index (χ0n) is 11.1. The summed E-state index contributed by atoms with van der Waals surface area (Å²) < 4.78 is 5.00. The number of aryl methyl sites for hydroxylation is 1. The summed E-state index contributed by atoms with van der Waals surface area (Å²) >= 11 is 5.84. The third-order valence-electron chi connectivity index (χ3n) is 2.43. The number of benzene rings is 1. The number of Topliss-reactive ketones (excluding diaryl/α,β-unsaturated/α-hetero) is 1. The van der Waals surface area contributed by atoms with E-state index in [0.717, 1.165) is 5.56 Å². The van der Waals surface area contributed by atoms with Crippen LogP contribution in [0.4, 0.5) is 5.69 Å². The number of hydrogen-bond acceptors (Lipinski definition) is 3. The summed E-state index contributed by atoms with van der Waals surface area (Å²) in [4.78, 5) is 23.4. The van der Waals surface area contributed by atoms with Gasteiger partial charge in [-0.1, -0.05) is 11.6 Å². The fraction of sp³-hybridized carbons (Fsp3) is 0.286. The fourth-order valence-electron chi connectivity index (χ4n) is 1.42. The Labute approximate surface area is 117 Å². The molecule has 19 heavy (non-hydrogen) atoms. The SMILES string of the molecule is CCOC=C(C(C)=O)C(=O)Nc1ccc(Cl)cc1C. The Balaban J connectivity index is 2.90. The molecule has 0 aliphatic heterocycles. The van der Waals surface area contributed by atoms with Crippen LogP contribution in [0.15, 0.2) is 30.0 Å². The highest BCUT2D eigenvalue weighted by molar-refractivity contribution is 6.30. The number of ether oxygens (including phenoxy) is 1. The maximum Gasteiger partial charge on any atom is 0.262 e. The Morgan fingerprint density at radius 1 is 1.42 bits per heavy atom. The van der Waals surface area contributed by atoms with Crippen molar-refractivity contribution in [3.05, 3.63) is 40.6 Å². The van der Waals surface area contributed by atoms with Gasteiger partial charge in [0, 0.05) is 10.7 Å². The van der Waals surface area contributed by atoms with Crippen LogP contribution >= 0.6 is 11.6 Å². The average molecular weight is 282 g/mol. The summed E-state index contributed by atoms with van der Waals surface area (Å²) in [7, 11) is 0.